The number of para-hydroxylation sites is 1. The minimum atomic E-state index is -0.225. The van der Waals surface area contributed by atoms with Crippen LogP contribution in [-0.2, 0) is 17.7 Å². The normalized spacial score (nSPS) is 16.8. The van der Waals surface area contributed by atoms with Crippen molar-refractivity contribution < 1.29 is 9.53 Å². The maximum Gasteiger partial charge on any atom is 0.409 e. The molecule has 1 amide bonds. The van der Waals surface area contributed by atoms with Crippen LogP contribution in [0.3, 0.4) is 0 Å². The molecule has 9 heteroatoms. The van der Waals surface area contributed by atoms with Gasteiger partial charge in [0, 0.05) is 56.3 Å². The van der Waals surface area contributed by atoms with Crippen molar-refractivity contribution in [3.63, 3.8) is 0 Å². The molecular weight excluding hydrogens is 390 g/mol. The van der Waals surface area contributed by atoms with Crippen LogP contribution in [0.25, 0.3) is 5.69 Å². The fraction of sp³-hybridized carbons (Fsp3) is 0.550. The van der Waals surface area contributed by atoms with E-state index in [0.717, 1.165) is 54.6 Å². The van der Waals surface area contributed by atoms with Crippen molar-refractivity contribution in [2.45, 2.75) is 31.2 Å². The van der Waals surface area contributed by atoms with E-state index in [9.17, 15) is 9.59 Å². The summed E-state index contributed by atoms with van der Waals surface area (Å²) < 4.78 is 8.44. The van der Waals surface area contributed by atoms with Crippen LogP contribution in [-0.4, -0.2) is 75.3 Å². The Morgan fingerprint density at radius 3 is 2.76 bits per heavy atom. The molecule has 0 N–H and O–H groups in total. The quantitative estimate of drug-likeness (QED) is 0.739. The average molecular weight is 418 g/mol. The van der Waals surface area contributed by atoms with E-state index in [4.69, 9.17) is 4.74 Å². The van der Waals surface area contributed by atoms with Gasteiger partial charge in [0.25, 0.3) is 0 Å². The molecule has 0 aliphatic carbocycles. The number of aromatic nitrogens is 3. The predicted octanol–water partition coefficient (Wildman–Crippen LogP) is 1.85. The van der Waals surface area contributed by atoms with Gasteiger partial charge in [0.05, 0.1) is 12.3 Å². The highest BCUT2D eigenvalue weighted by Gasteiger charge is 2.23. The summed E-state index contributed by atoms with van der Waals surface area (Å²) >= 11 is 1.77. The lowest BCUT2D eigenvalue weighted by Gasteiger charge is -2.33. The first-order chi connectivity index (χ1) is 14.2. The van der Waals surface area contributed by atoms with Crippen LogP contribution in [0.4, 0.5) is 4.79 Å². The molecule has 0 radical (unpaired) electrons. The van der Waals surface area contributed by atoms with Crippen LogP contribution in [0.5, 0.6) is 0 Å². The van der Waals surface area contributed by atoms with Crippen LogP contribution in [0, 0.1) is 0 Å². The number of ether oxygens (including phenoxy) is 1. The van der Waals surface area contributed by atoms with Crippen molar-refractivity contribution in [2.75, 3.05) is 45.1 Å². The monoisotopic (exact) mass is 417 g/mol. The molecule has 1 aromatic heterocycles. The number of hydrogen-bond donors (Lipinski definition) is 0. The lowest BCUT2D eigenvalue weighted by molar-refractivity contribution is 0.0790. The largest absolute Gasteiger partial charge is 0.450 e. The van der Waals surface area contributed by atoms with Gasteiger partial charge in [0.1, 0.15) is 5.82 Å². The minimum Gasteiger partial charge on any atom is -0.450 e. The van der Waals surface area contributed by atoms with Gasteiger partial charge in [0.15, 0.2) is 0 Å². The molecule has 29 heavy (non-hydrogen) atoms. The third-order valence-corrected chi connectivity index (χ3v) is 6.40. The molecule has 2 aliphatic rings. The van der Waals surface area contributed by atoms with Crippen molar-refractivity contribution in [1.82, 2.24) is 24.1 Å². The van der Waals surface area contributed by atoms with E-state index in [1.54, 1.807) is 25.9 Å². The van der Waals surface area contributed by atoms with Gasteiger partial charge in [-0.15, -0.1) is 11.8 Å². The van der Waals surface area contributed by atoms with E-state index in [1.807, 2.05) is 25.1 Å². The van der Waals surface area contributed by atoms with Crippen molar-refractivity contribution in [2.24, 2.45) is 0 Å². The Hall–Kier alpha value is -2.26. The smallest absolute Gasteiger partial charge is 0.409 e. The summed E-state index contributed by atoms with van der Waals surface area (Å²) in [7, 11) is 0. The molecule has 1 aromatic carbocycles. The first-order valence-electron chi connectivity index (χ1n) is 10.2. The number of carbonyl (C=O) groups excluding carboxylic acids is 1. The molecule has 2 aromatic rings. The van der Waals surface area contributed by atoms with Gasteiger partial charge in [-0.05, 0) is 25.5 Å². The number of carbonyl (C=O) groups is 1. The molecule has 0 bridgehead atoms. The SMILES string of the molecule is CCOC(=O)N1CCN(CCCn2nc3n(c2=O)-c2ccccc2SCC3)CC1. The molecule has 0 atom stereocenters. The lowest BCUT2D eigenvalue weighted by Crippen LogP contribution is -2.49. The van der Waals surface area contributed by atoms with Crippen molar-refractivity contribution in [3.8, 4) is 5.69 Å². The van der Waals surface area contributed by atoms with E-state index >= 15 is 0 Å². The van der Waals surface area contributed by atoms with Crippen molar-refractivity contribution >= 4 is 17.9 Å². The summed E-state index contributed by atoms with van der Waals surface area (Å²) in [5.74, 6) is 1.77. The lowest BCUT2D eigenvalue weighted by atomic mass is 10.3. The molecule has 8 nitrogen and oxygen atoms in total. The molecule has 0 spiro atoms. The van der Waals surface area contributed by atoms with E-state index in [2.05, 4.69) is 16.1 Å². The van der Waals surface area contributed by atoms with Crippen molar-refractivity contribution in [3.05, 3.63) is 40.6 Å². The van der Waals surface area contributed by atoms with Crippen LogP contribution >= 0.6 is 11.8 Å². The van der Waals surface area contributed by atoms with Gasteiger partial charge in [-0.1, -0.05) is 12.1 Å². The molecule has 0 unspecified atom stereocenters. The van der Waals surface area contributed by atoms with Gasteiger partial charge in [-0.25, -0.2) is 18.8 Å². The average Bonchev–Trinajstić information content (AvgIpc) is 2.93. The molecule has 3 heterocycles. The molecule has 156 valence electrons. The number of nitrogens with zero attached hydrogens (tertiary/aromatic N) is 5. The zero-order valence-electron chi connectivity index (χ0n) is 16.7. The number of hydrogen-bond acceptors (Lipinski definition) is 6. The number of fused-ring (bicyclic) bond motifs is 3. The van der Waals surface area contributed by atoms with Gasteiger partial charge >= 0.3 is 11.8 Å². The fourth-order valence-corrected chi connectivity index (χ4v) is 4.82. The molecule has 0 saturated carbocycles. The number of benzene rings is 1. The highest BCUT2D eigenvalue weighted by molar-refractivity contribution is 7.99. The Balaban J connectivity index is 1.35. The Kier molecular flexibility index (Phi) is 6.25. The predicted molar refractivity (Wildman–Crippen MR) is 112 cm³/mol. The summed E-state index contributed by atoms with van der Waals surface area (Å²) in [6.45, 7) is 6.76. The van der Waals surface area contributed by atoms with E-state index in [0.29, 0.717) is 26.2 Å². The molecule has 1 saturated heterocycles. The number of aryl methyl sites for hydroxylation is 2. The Labute approximate surface area is 174 Å². The van der Waals surface area contributed by atoms with Crippen LogP contribution in [0.2, 0.25) is 0 Å². The molecule has 4 rings (SSSR count). The van der Waals surface area contributed by atoms with Gasteiger partial charge in [0.2, 0.25) is 0 Å². The second-order valence-corrected chi connectivity index (χ2v) is 8.34. The third-order valence-electron chi connectivity index (χ3n) is 5.34. The number of piperazine rings is 1. The van der Waals surface area contributed by atoms with Crippen LogP contribution < -0.4 is 5.69 Å². The number of thioether (sulfide) groups is 1. The van der Waals surface area contributed by atoms with Crippen LogP contribution in [0.15, 0.2) is 34.0 Å². The van der Waals surface area contributed by atoms with Gasteiger partial charge < -0.3 is 9.64 Å². The molecular formula is C20H27N5O3S. The highest BCUT2D eigenvalue weighted by atomic mass is 32.2. The van der Waals surface area contributed by atoms with Gasteiger partial charge in [-0.2, -0.15) is 5.10 Å². The Morgan fingerprint density at radius 1 is 1.17 bits per heavy atom. The maximum atomic E-state index is 13.0. The minimum absolute atomic E-state index is 0.0536. The summed E-state index contributed by atoms with van der Waals surface area (Å²) in [6.07, 6.45) is 1.42. The number of amides is 1. The third kappa shape index (κ3) is 4.35. The van der Waals surface area contributed by atoms with E-state index in [-0.39, 0.29) is 11.8 Å². The second-order valence-electron chi connectivity index (χ2n) is 7.20. The molecule has 1 fully saturated rings. The summed E-state index contributed by atoms with van der Waals surface area (Å²) in [4.78, 5) is 30.0. The highest BCUT2D eigenvalue weighted by Crippen LogP contribution is 2.29. The zero-order valence-corrected chi connectivity index (χ0v) is 17.6. The second kappa shape index (κ2) is 9.04. The number of rotatable bonds is 5. The molecule has 2 aliphatic heterocycles. The van der Waals surface area contributed by atoms with Crippen molar-refractivity contribution in [1.29, 1.82) is 0 Å². The zero-order chi connectivity index (χ0) is 20.2. The standard InChI is InChI=1S/C20H27N5O3S/c1-2-28-20(27)23-13-11-22(12-14-23)9-5-10-24-19(26)25-16-6-3-4-7-17(16)29-15-8-18(25)21-24/h3-4,6-7H,2,5,8-15H2,1H3. The Morgan fingerprint density at radius 2 is 1.97 bits per heavy atom. The summed E-state index contributed by atoms with van der Waals surface area (Å²) in [5, 5.41) is 4.61. The van der Waals surface area contributed by atoms with Gasteiger partial charge in [-0.3, -0.25) is 4.90 Å². The van der Waals surface area contributed by atoms with E-state index in [1.165, 1.54) is 0 Å². The van der Waals surface area contributed by atoms with Crippen LogP contribution in [0.1, 0.15) is 19.2 Å². The first-order valence-corrected chi connectivity index (χ1v) is 11.2. The summed E-state index contributed by atoms with van der Waals surface area (Å²) in [6, 6.07) is 8.03. The topological polar surface area (TPSA) is 72.6 Å². The first kappa shape index (κ1) is 20.0. The maximum absolute atomic E-state index is 13.0. The van der Waals surface area contributed by atoms with E-state index < -0.39 is 0 Å². The summed E-state index contributed by atoms with van der Waals surface area (Å²) in [5.41, 5.74) is 0.887. The fourth-order valence-electron chi connectivity index (χ4n) is 3.83. The Bertz CT molecular complexity index is 917.